The molecule has 1 aromatic heterocycles. The van der Waals surface area contributed by atoms with E-state index >= 15 is 0 Å². The second-order valence-corrected chi connectivity index (χ2v) is 5.67. The van der Waals surface area contributed by atoms with Crippen molar-refractivity contribution in [3.05, 3.63) is 45.9 Å². The van der Waals surface area contributed by atoms with Crippen LogP contribution in [0.1, 0.15) is 22.7 Å². The highest BCUT2D eigenvalue weighted by atomic mass is 32.1. The van der Waals surface area contributed by atoms with Crippen LogP contribution in [0.5, 0.6) is 0 Å². The van der Waals surface area contributed by atoms with E-state index in [9.17, 15) is 0 Å². The zero-order valence-electron chi connectivity index (χ0n) is 11.4. The van der Waals surface area contributed by atoms with Crippen molar-refractivity contribution in [1.82, 2.24) is 10.3 Å². The molecule has 0 atom stereocenters. The van der Waals surface area contributed by atoms with Gasteiger partial charge in [0.2, 0.25) is 0 Å². The Morgan fingerprint density at radius 2 is 1.95 bits per heavy atom. The van der Waals surface area contributed by atoms with E-state index in [0.717, 1.165) is 43.7 Å². The molecule has 1 aromatic carbocycles. The number of aromatic nitrogens is 1. The third-order valence-corrected chi connectivity index (χ3v) is 4.01. The number of hydrogen-bond acceptors (Lipinski definition) is 4. The Labute approximate surface area is 118 Å². The van der Waals surface area contributed by atoms with E-state index in [0.29, 0.717) is 0 Å². The van der Waals surface area contributed by atoms with Gasteiger partial charge in [-0.1, -0.05) is 12.1 Å². The molecular weight excluding hydrogens is 254 g/mol. The highest BCUT2D eigenvalue weighted by Crippen LogP contribution is 2.09. The van der Waals surface area contributed by atoms with Gasteiger partial charge in [0.15, 0.2) is 0 Å². The van der Waals surface area contributed by atoms with Crippen LogP contribution in [-0.4, -0.2) is 18.1 Å². The molecule has 0 amide bonds. The van der Waals surface area contributed by atoms with E-state index in [1.807, 2.05) is 19.1 Å². The standard InChI is InChI=1S/C15H21N3S/c1-12-11-19-15(18-12)8-10-17-9-2-3-13-4-6-14(16)7-5-13/h4-7,11,17H,2-3,8-10,16H2,1H3. The van der Waals surface area contributed by atoms with E-state index in [1.165, 1.54) is 10.6 Å². The fourth-order valence-electron chi connectivity index (χ4n) is 1.94. The van der Waals surface area contributed by atoms with Crippen molar-refractivity contribution >= 4 is 17.0 Å². The Kier molecular flexibility index (Phi) is 5.36. The van der Waals surface area contributed by atoms with E-state index in [1.54, 1.807) is 11.3 Å². The maximum atomic E-state index is 5.66. The Morgan fingerprint density at radius 3 is 2.63 bits per heavy atom. The van der Waals surface area contributed by atoms with Gasteiger partial charge in [-0.3, -0.25) is 0 Å². The summed E-state index contributed by atoms with van der Waals surface area (Å²) in [6.45, 7) is 4.10. The quantitative estimate of drug-likeness (QED) is 0.603. The van der Waals surface area contributed by atoms with Gasteiger partial charge >= 0.3 is 0 Å². The largest absolute Gasteiger partial charge is 0.399 e. The molecule has 0 aliphatic carbocycles. The lowest BCUT2D eigenvalue weighted by molar-refractivity contribution is 0.646. The van der Waals surface area contributed by atoms with Crippen LogP contribution in [0.3, 0.4) is 0 Å². The van der Waals surface area contributed by atoms with Crippen LogP contribution in [-0.2, 0) is 12.8 Å². The first-order chi connectivity index (χ1) is 9.24. The van der Waals surface area contributed by atoms with Crippen LogP contribution in [0, 0.1) is 6.92 Å². The number of nitrogen functional groups attached to an aromatic ring is 1. The SMILES string of the molecule is Cc1csc(CCNCCCc2ccc(N)cc2)n1. The molecule has 0 aliphatic heterocycles. The second-order valence-electron chi connectivity index (χ2n) is 4.73. The number of rotatable bonds is 7. The van der Waals surface area contributed by atoms with Gasteiger partial charge in [0, 0.05) is 29.7 Å². The first kappa shape index (κ1) is 14.0. The molecule has 0 bridgehead atoms. The molecule has 102 valence electrons. The summed E-state index contributed by atoms with van der Waals surface area (Å²) in [6.07, 6.45) is 3.28. The molecule has 0 radical (unpaired) electrons. The Balaban J connectivity index is 1.56. The van der Waals surface area contributed by atoms with Crippen molar-refractivity contribution in [3.8, 4) is 0 Å². The smallest absolute Gasteiger partial charge is 0.0940 e. The third-order valence-electron chi connectivity index (χ3n) is 2.98. The van der Waals surface area contributed by atoms with Crippen molar-refractivity contribution in [2.75, 3.05) is 18.8 Å². The molecule has 3 nitrogen and oxygen atoms in total. The van der Waals surface area contributed by atoms with E-state index in [4.69, 9.17) is 5.73 Å². The molecule has 19 heavy (non-hydrogen) atoms. The van der Waals surface area contributed by atoms with Crippen LogP contribution in [0.25, 0.3) is 0 Å². The second kappa shape index (κ2) is 7.26. The average molecular weight is 275 g/mol. The molecular formula is C15H21N3S. The molecule has 2 aromatic rings. The number of nitrogens with zero attached hydrogens (tertiary/aromatic N) is 1. The normalized spacial score (nSPS) is 10.8. The van der Waals surface area contributed by atoms with Crippen LogP contribution in [0.2, 0.25) is 0 Å². The molecule has 0 unspecified atom stereocenters. The minimum absolute atomic E-state index is 0.834. The lowest BCUT2D eigenvalue weighted by Crippen LogP contribution is -2.18. The van der Waals surface area contributed by atoms with Gasteiger partial charge < -0.3 is 11.1 Å². The molecule has 3 N–H and O–H groups in total. The molecule has 0 spiro atoms. The topological polar surface area (TPSA) is 50.9 Å². The zero-order valence-corrected chi connectivity index (χ0v) is 12.2. The number of thiazole rings is 1. The third kappa shape index (κ3) is 5.01. The van der Waals surface area contributed by atoms with Gasteiger partial charge in [-0.25, -0.2) is 4.98 Å². The van der Waals surface area contributed by atoms with Gasteiger partial charge in [-0.15, -0.1) is 11.3 Å². The van der Waals surface area contributed by atoms with Crippen molar-refractivity contribution in [2.45, 2.75) is 26.2 Å². The predicted octanol–water partition coefficient (Wildman–Crippen LogP) is 2.80. The predicted molar refractivity (Wildman–Crippen MR) is 82.6 cm³/mol. The van der Waals surface area contributed by atoms with Crippen molar-refractivity contribution in [1.29, 1.82) is 0 Å². The molecule has 0 fully saturated rings. The Morgan fingerprint density at radius 1 is 1.16 bits per heavy atom. The summed E-state index contributed by atoms with van der Waals surface area (Å²) in [5, 5.41) is 6.80. The Hall–Kier alpha value is -1.39. The summed E-state index contributed by atoms with van der Waals surface area (Å²) in [5.41, 5.74) is 8.98. The molecule has 1 heterocycles. The number of anilines is 1. The molecule has 2 rings (SSSR count). The number of nitrogens with one attached hydrogen (secondary N) is 1. The van der Waals surface area contributed by atoms with E-state index in [-0.39, 0.29) is 0 Å². The number of benzene rings is 1. The number of aryl methyl sites for hydroxylation is 2. The molecule has 4 heteroatoms. The van der Waals surface area contributed by atoms with Crippen LogP contribution < -0.4 is 11.1 Å². The summed E-state index contributed by atoms with van der Waals surface area (Å²) >= 11 is 1.75. The van der Waals surface area contributed by atoms with Gasteiger partial charge in [-0.2, -0.15) is 0 Å². The van der Waals surface area contributed by atoms with Gasteiger partial charge in [-0.05, 0) is 44.0 Å². The summed E-state index contributed by atoms with van der Waals surface area (Å²) in [7, 11) is 0. The monoisotopic (exact) mass is 275 g/mol. The molecule has 0 aliphatic rings. The number of hydrogen-bond donors (Lipinski definition) is 2. The van der Waals surface area contributed by atoms with Crippen LogP contribution >= 0.6 is 11.3 Å². The fourth-order valence-corrected chi connectivity index (χ4v) is 2.72. The lowest BCUT2D eigenvalue weighted by Gasteiger charge is -2.04. The summed E-state index contributed by atoms with van der Waals surface area (Å²) in [6, 6.07) is 8.14. The molecule has 0 saturated carbocycles. The van der Waals surface area contributed by atoms with Gasteiger partial charge in [0.1, 0.15) is 0 Å². The van der Waals surface area contributed by atoms with E-state index < -0.39 is 0 Å². The number of nitrogens with two attached hydrogens (primary N) is 1. The van der Waals surface area contributed by atoms with Crippen molar-refractivity contribution < 1.29 is 0 Å². The highest BCUT2D eigenvalue weighted by Gasteiger charge is 1.98. The van der Waals surface area contributed by atoms with Crippen molar-refractivity contribution in [2.24, 2.45) is 0 Å². The van der Waals surface area contributed by atoms with Crippen molar-refractivity contribution in [3.63, 3.8) is 0 Å². The van der Waals surface area contributed by atoms with Crippen LogP contribution in [0.4, 0.5) is 5.69 Å². The maximum absolute atomic E-state index is 5.66. The minimum atomic E-state index is 0.834. The summed E-state index contributed by atoms with van der Waals surface area (Å²) < 4.78 is 0. The first-order valence-electron chi connectivity index (χ1n) is 6.70. The van der Waals surface area contributed by atoms with E-state index in [2.05, 4.69) is 27.8 Å². The molecule has 0 saturated heterocycles. The summed E-state index contributed by atoms with van der Waals surface area (Å²) in [5.74, 6) is 0. The minimum Gasteiger partial charge on any atom is -0.399 e. The lowest BCUT2D eigenvalue weighted by atomic mass is 10.1. The van der Waals surface area contributed by atoms with Gasteiger partial charge in [0.25, 0.3) is 0 Å². The fraction of sp³-hybridized carbons (Fsp3) is 0.400. The zero-order chi connectivity index (χ0) is 13.5. The van der Waals surface area contributed by atoms with Crippen LogP contribution in [0.15, 0.2) is 29.6 Å². The Bertz CT molecular complexity index is 490. The summed E-state index contributed by atoms with van der Waals surface area (Å²) in [4.78, 5) is 4.45. The maximum Gasteiger partial charge on any atom is 0.0940 e. The first-order valence-corrected chi connectivity index (χ1v) is 7.58. The average Bonchev–Trinajstić information content (AvgIpc) is 2.81. The highest BCUT2D eigenvalue weighted by molar-refractivity contribution is 7.09. The van der Waals surface area contributed by atoms with Gasteiger partial charge in [0.05, 0.1) is 5.01 Å².